The highest BCUT2D eigenvalue weighted by Gasteiger charge is 2.48. The van der Waals surface area contributed by atoms with E-state index in [-0.39, 0.29) is 6.04 Å². The Morgan fingerprint density at radius 3 is 2.58 bits per heavy atom. The Morgan fingerprint density at radius 1 is 0.962 bits per heavy atom. The second kappa shape index (κ2) is 6.57. The van der Waals surface area contributed by atoms with Gasteiger partial charge in [0.2, 0.25) is 0 Å². The number of fused-ring (bicyclic) bond motifs is 1. The van der Waals surface area contributed by atoms with Crippen LogP contribution in [-0.2, 0) is 4.74 Å². The van der Waals surface area contributed by atoms with E-state index in [9.17, 15) is 0 Å². The molecule has 0 bridgehead atoms. The zero-order valence-electron chi connectivity index (χ0n) is 15.1. The van der Waals surface area contributed by atoms with Crippen LogP contribution in [0.5, 0.6) is 0 Å². The smallest absolute Gasteiger partial charge is 0.0585 e. The maximum atomic E-state index is 5.64. The highest BCUT2D eigenvalue weighted by molar-refractivity contribution is 5.83. The first-order chi connectivity index (χ1) is 12.9. The minimum atomic E-state index is 0.223. The Morgan fingerprint density at radius 2 is 1.81 bits per heavy atom. The Labute approximate surface area is 154 Å². The molecule has 1 saturated carbocycles. The number of nitrogens with one attached hydrogen (secondary N) is 2. The largest absolute Gasteiger partial charge is 0.381 e. The molecule has 26 heavy (non-hydrogen) atoms. The molecule has 2 unspecified atom stereocenters. The Bertz CT molecular complexity index is 879. The van der Waals surface area contributed by atoms with Crippen LogP contribution in [-0.4, -0.2) is 24.2 Å². The average molecular weight is 346 g/mol. The van der Waals surface area contributed by atoms with Gasteiger partial charge in [0.1, 0.15) is 0 Å². The molecular weight excluding hydrogens is 320 g/mol. The number of hydrogen-bond donors (Lipinski definition) is 2. The van der Waals surface area contributed by atoms with Gasteiger partial charge in [-0.2, -0.15) is 0 Å². The summed E-state index contributed by atoms with van der Waals surface area (Å²) >= 11 is 0. The third-order valence-electron chi connectivity index (χ3n) is 6.60. The van der Waals surface area contributed by atoms with Gasteiger partial charge >= 0.3 is 0 Å². The first kappa shape index (κ1) is 16.1. The summed E-state index contributed by atoms with van der Waals surface area (Å²) in [5.74, 6) is 0. The normalized spacial score (nSPS) is 23.0. The molecule has 1 aromatic heterocycles. The van der Waals surface area contributed by atoms with Gasteiger partial charge in [0, 0.05) is 36.4 Å². The molecule has 2 heterocycles. The minimum absolute atomic E-state index is 0.223. The van der Waals surface area contributed by atoms with Crippen LogP contribution >= 0.6 is 0 Å². The lowest BCUT2D eigenvalue weighted by Crippen LogP contribution is -2.56. The van der Waals surface area contributed by atoms with Crippen LogP contribution in [0.3, 0.4) is 0 Å². The first-order valence-corrected chi connectivity index (χ1v) is 9.81. The minimum Gasteiger partial charge on any atom is -0.381 e. The predicted molar refractivity (Wildman–Crippen MR) is 105 cm³/mol. The molecule has 2 fully saturated rings. The predicted octanol–water partition coefficient (Wildman–Crippen LogP) is 4.81. The molecule has 2 aliphatic rings. The van der Waals surface area contributed by atoms with E-state index < -0.39 is 0 Å². The Balaban J connectivity index is 1.52. The van der Waals surface area contributed by atoms with Gasteiger partial charge in [-0.1, -0.05) is 42.5 Å². The van der Waals surface area contributed by atoms with E-state index in [4.69, 9.17) is 4.74 Å². The van der Waals surface area contributed by atoms with E-state index in [1.807, 2.05) is 6.20 Å². The Hall–Kier alpha value is -2.10. The van der Waals surface area contributed by atoms with Crippen molar-refractivity contribution in [2.45, 2.75) is 37.8 Å². The quantitative estimate of drug-likeness (QED) is 0.711. The van der Waals surface area contributed by atoms with Gasteiger partial charge < -0.3 is 15.0 Å². The number of aromatic amines is 1. The van der Waals surface area contributed by atoms with Crippen molar-refractivity contribution in [3.8, 4) is 0 Å². The molecule has 1 aliphatic heterocycles. The van der Waals surface area contributed by atoms with Gasteiger partial charge in [-0.05, 0) is 54.4 Å². The molecule has 134 valence electrons. The van der Waals surface area contributed by atoms with Gasteiger partial charge in [0.25, 0.3) is 0 Å². The van der Waals surface area contributed by atoms with E-state index >= 15 is 0 Å². The zero-order valence-corrected chi connectivity index (χ0v) is 15.1. The van der Waals surface area contributed by atoms with Gasteiger partial charge in [-0.25, -0.2) is 0 Å². The SMILES string of the molecule is c1ccc(C(NC2CCC23CCOCC3)c2cccc3[nH]ccc23)cc1. The van der Waals surface area contributed by atoms with Crippen molar-refractivity contribution in [2.75, 3.05) is 13.2 Å². The molecule has 3 heteroatoms. The molecule has 2 N–H and O–H groups in total. The molecule has 1 spiro atoms. The summed E-state index contributed by atoms with van der Waals surface area (Å²) in [6.07, 6.45) is 7.04. The van der Waals surface area contributed by atoms with Crippen molar-refractivity contribution in [1.29, 1.82) is 0 Å². The summed E-state index contributed by atoms with van der Waals surface area (Å²) in [4.78, 5) is 3.36. The number of hydrogen-bond acceptors (Lipinski definition) is 2. The number of H-pyrrole nitrogens is 1. The highest BCUT2D eigenvalue weighted by atomic mass is 16.5. The van der Waals surface area contributed by atoms with E-state index in [1.165, 1.54) is 47.7 Å². The monoisotopic (exact) mass is 346 g/mol. The molecule has 1 saturated heterocycles. The van der Waals surface area contributed by atoms with Crippen LogP contribution in [0.1, 0.15) is 42.9 Å². The maximum Gasteiger partial charge on any atom is 0.0585 e. The second-order valence-electron chi connectivity index (χ2n) is 7.86. The van der Waals surface area contributed by atoms with Gasteiger partial charge in [-0.3, -0.25) is 0 Å². The zero-order chi connectivity index (χ0) is 17.4. The fourth-order valence-corrected chi connectivity index (χ4v) is 4.91. The van der Waals surface area contributed by atoms with E-state index in [0.717, 1.165) is 13.2 Å². The van der Waals surface area contributed by atoms with Crippen molar-refractivity contribution in [1.82, 2.24) is 10.3 Å². The molecule has 5 rings (SSSR count). The van der Waals surface area contributed by atoms with Crippen molar-refractivity contribution in [3.05, 3.63) is 71.9 Å². The van der Waals surface area contributed by atoms with Crippen molar-refractivity contribution >= 4 is 10.9 Å². The number of aromatic nitrogens is 1. The lowest BCUT2D eigenvalue weighted by atomic mass is 9.60. The average Bonchev–Trinajstić information content (AvgIpc) is 3.18. The molecule has 0 amide bonds. The lowest BCUT2D eigenvalue weighted by Gasteiger charge is -2.53. The third-order valence-corrected chi connectivity index (χ3v) is 6.60. The topological polar surface area (TPSA) is 37.0 Å². The number of rotatable bonds is 4. The Kier molecular flexibility index (Phi) is 4.07. The van der Waals surface area contributed by atoms with Gasteiger partial charge in [-0.15, -0.1) is 0 Å². The van der Waals surface area contributed by atoms with Crippen LogP contribution < -0.4 is 5.32 Å². The van der Waals surface area contributed by atoms with Gasteiger partial charge in [0.05, 0.1) is 6.04 Å². The van der Waals surface area contributed by atoms with Gasteiger partial charge in [0.15, 0.2) is 0 Å². The number of benzene rings is 2. The summed E-state index contributed by atoms with van der Waals surface area (Å²) in [5.41, 5.74) is 4.36. The first-order valence-electron chi connectivity index (χ1n) is 9.81. The summed E-state index contributed by atoms with van der Waals surface area (Å²) < 4.78 is 5.64. The highest BCUT2D eigenvalue weighted by Crippen LogP contribution is 2.50. The fraction of sp³-hybridized carbons (Fsp3) is 0.391. The van der Waals surface area contributed by atoms with Crippen LogP contribution in [0.4, 0.5) is 0 Å². The van der Waals surface area contributed by atoms with Crippen molar-refractivity contribution in [2.24, 2.45) is 5.41 Å². The molecule has 1 aliphatic carbocycles. The van der Waals surface area contributed by atoms with Crippen LogP contribution in [0.15, 0.2) is 60.8 Å². The standard InChI is InChI=1S/C23H26N2O/c1-2-5-17(6-3-1)22(19-7-4-8-20-18(19)10-14-24-20)25-21-9-11-23(21)12-15-26-16-13-23/h1-8,10,14,21-22,24-25H,9,11-13,15-16H2. The number of ether oxygens (including phenoxy) is 1. The van der Waals surface area contributed by atoms with Crippen LogP contribution in [0.2, 0.25) is 0 Å². The van der Waals surface area contributed by atoms with Crippen LogP contribution in [0, 0.1) is 5.41 Å². The molecule has 3 aromatic rings. The summed E-state index contributed by atoms with van der Waals surface area (Å²) in [6, 6.07) is 20.5. The van der Waals surface area contributed by atoms with E-state index in [1.54, 1.807) is 0 Å². The summed E-state index contributed by atoms with van der Waals surface area (Å²) in [5, 5.41) is 5.37. The van der Waals surface area contributed by atoms with E-state index in [2.05, 4.69) is 64.9 Å². The van der Waals surface area contributed by atoms with Crippen molar-refractivity contribution < 1.29 is 4.74 Å². The summed E-state index contributed by atoms with van der Waals surface area (Å²) in [7, 11) is 0. The van der Waals surface area contributed by atoms with Crippen molar-refractivity contribution in [3.63, 3.8) is 0 Å². The fourth-order valence-electron chi connectivity index (χ4n) is 4.91. The third kappa shape index (κ3) is 2.67. The molecule has 2 atom stereocenters. The summed E-state index contributed by atoms with van der Waals surface area (Å²) in [6.45, 7) is 1.84. The molecule has 2 aromatic carbocycles. The second-order valence-corrected chi connectivity index (χ2v) is 7.86. The molecule has 3 nitrogen and oxygen atoms in total. The molecule has 0 radical (unpaired) electrons. The van der Waals surface area contributed by atoms with Crippen LogP contribution in [0.25, 0.3) is 10.9 Å². The maximum absolute atomic E-state index is 5.64. The van der Waals surface area contributed by atoms with E-state index in [0.29, 0.717) is 11.5 Å². The molecular formula is C23H26N2O. The lowest BCUT2D eigenvalue weighted by molar-refractivity contribution is -0.0567.